The first-order valence-corrected chi connectivity index (χ1v) is 4.72. The van der Waals surface area contributed by atoms with Crippen molar-refractivity contribution in [2.45, 2.75) is 26.3 Å². The number of aryl methyl sites for hydroxylation is 1. The minimum atomic E-state index is 0.188. The molecule has 2 N–H and O–H groups in total. The molecule has 0 aliphatic heterocycles. The number of nitrogens with two attached hydrogens (primary N) is 1. The highest BCUT2D eigenvalue weighted by atomic mass is 14.6. The summed E-state index contributed by atoms with van der Waals surface area (Å²) in [6.07, 6.45) is 3.26. The molecule has 2 rings (SSSR count). The molecule has 0 spiro atoms. The molecule has 1 aliphatic carbocycles. The van der Waals surface area contributed by atoms with E-state index in [1.807, 2.05) is 6.92 Å². The van der Waals surface area contributed by atoms with Crippen LogP contribution in [0.4, 0.5) is 0 Å². The van der Waals surface area contributed by atoms with E-state index < -0.39 is 0 Å². The van der Waals surface area contributed by atoms with Gasteiger partial charge in [-0.25, -0.2) is 0 Å². The molecule has 68 valence electrons. The summed E-state index contributed by atoms with van der Waals surface area (Å²) in [6, 6.07) is 6.78. The van der Waals surface area contributed by atoms with Crippen LogP contribution < -0.4 is 5.73 Å². The lowest BCUT2D eigenvalue weighted by Crippen LogP contribution is -2.17. The summed E-state index contributed by atoms with van der Waals surface area (Å²) in [6.45, 7) is 4.17. The van der Waals surface area contributed by atoms with Crippen LogP contribution in [0.15, 0.2) is 23.8 Å². The fourth-order valence-corrected chi connectivity index (χ4v) is 1.77. The van der Waals surface area contributed by atoms with Crippen LogP contribution in [0.2, 0.25) is 0 Å². The SMILES string of the molecule is Cc1ccc2c(c1)C=C(C(C)N)C2. The highest BCUT2D eigenvalue weighted by Gasteiger charge is 2.14. The molecular formula is C12H15N. The van der Waals surface area contributed by atoms with E-state index in [0.717, 1.165) is 6.42 Å². The van der Waals surface area contributed by atoms with Crippen LogP contribution in [0.25, 0.3) is 6.08 Å². The van der Waals surface area contributed by atoms with E-state index in [4.69, 9.17) is 5.73 Å². The Kier molecular flexibility index (Phi) is 1.97. The van der Waals surface area contributed by atoms with Gasteiger partial charge in [0.05, 0.1) is 0 Å². The standard InChI is InChI=1S/C12H15N/c1-8-3-4-10-6-11(9(2)13)7-12(10)5-8/h3-5,7,9H,6,13H2,1-2H3. The first-order chi connectivity index (χ1) is 6.16. The Morgan fingerprint density at radius 1 is 1.38 bits per heavy atom. The van der Waals surface area contributed by atoms with Gasteiger partial charge >= 0.3 is 0 Å². The van der Waals surface area contributed by atoms with Crippen LogP contribution in [-0.2, 0) is 6.42 Å². The van der Waals surface area contributed by atoms with Gasteiger partial charge in [-0.05, 0) is 37.0 Å². The second-order valence-corrected chi connectivity index (χ2v) is 3.89. The molecule has 0 fully saturated rings. The van der Waals surface area contributed by atoms with E-state index in [2.05, 4.69) is 31.2 Å². The smallest absolute Gasteiger partial charge is 0.0231 e. The second kappa shape index (κ2) is 3.00. The number of hydrogen-bond acceptors (Lipinski definition) is 1. The topological polar surface area (TPSA) is 26.0 Å². The Hall–Kier alpha value is -1.08. The molecule has 0 saturated heterocycles. The summed E-state index contributed by atoms with van der Waals surface area (Å²) in [4.78, 5) is 0. The van der Waals surface area contributed by atoms with Gasteiger partial charge in [0.2, 0.25) is 0 Å². The summed E-state index contributed by atoms with van der Waals surface area (Å²) in [5.41, 5.74) is 11.3. The van der Waals surface area contributed by atoms with Crippen LogP contribution in [-0.4, -0.2) is 6.04 Å². The van der Waals surface area contributed by atoms with Gasteiger partial charge in [0.25, 0.3) is 0 Å². The number of benzene rings is 1. The van der Waals surface area contributed by atoms with Gasteiger partial charge in [-0.15, -0.1) is 0 Å². The van der Waals surface area contributed by atoms with E-state index in [9.17, 15) is 0 Å². The Morgan fingerprint density at radius 2 is 2.15 bits per heavy atom. The second-order valence-electron chi connectivity index (χ2n) is 3.89. The molecule has 1 aliphatic rings. The van der Waals surface area contributed by atoms with Crippen LogP contribution in [0.5, 0.6) is 0 Å². The predicted molar refractivity (Wildman–Crippen MR) is 56.5 cm³/mol. The van der Waals surface area contributed by atoms with Gasteiger partial charge in [-0.2, -0.15) is 0 Å². The van der Waals surface area contributed by atoms with Crippen LogP contribution in [0.1, 0.15) is 23.6 Å². The molecule has 1 aromatic carbocycles. The van der Waals surface area contributed by atoms with Crippen molar-refractivity contribution in [3.8, 4) is 0 Å². The molecule has 1 aromatic rings. The molecule has 13 heavy (non-hydrogen) atoms. The predicted octanol–water partition coefficient (Wildman–Crippen LogP) is 2.28. The molecule has 1 atom stereocenters. The first-order valence-electron chi connectivity index (χ1n) is 4.72. The zero-order valence-electron chi connectivity index (χ0n) is 8.17. The maximum Gasteiger partial charge on any atom is 0.0231 e. The molecule has 0 amide bonds. The lowest BCUT2D eigenvalue weighted by molar-refractivity contribution is 0.841. The molecule has 0 radical (unpaired) electrons. The van der Waals surface area contributed by atoms with Gasteiger partial charge in [0.15, 0.2) is 0 Å². The van der Waals surface area contributed by atoms with Crippen LogP contribution in [0.3, 0.4) is 0 Å². The average molecular weight is 173 g/mol. The zero-order valence-corrected chi connectivity index (χ0v) is 8.17. The third-order valence-electron chi connectivity index (χ3n) is 2.62. The molecular weight excluding hydrogens is 158 g/mol. The molecule has 0 heterocycles. The molecule has 0 aromatic heterocycles. The third kappa shape index (κ3) is 1.52. The molecule has 1 unspecified atom stereocenters. The first kappa shape index (κ1) is 8.52. The lowest BCUT2D eigenvalue weighted by Gasteiger charge is -2.04. The summed E-state index contributed by atoms with van der Waals surface area (Å²) < 4.78 is 0. The normalized spacial score (nSPS) is 16.7. The van der Waals surface area contributed by atoms with Gasteiger partial charge in [0, 0.05) is 6.04 Å². The maximum atomic E-state index is 5.85. The quantitative estimate of drug-likeness (QED) is 0.692. The van der Waals surface area contributed by atoms with Crippen molar-refractivity contribution in [2.24, 2.45) is 5.73 Å². The van der Waals surface area contributed by atoms with Gasteiger partial charge in [-0.3, -0.25) is 0 Å². The summed E-state index contributed by atoms with van der Waals surface area (Å²) in [7, 11) is 0. The lowest BCUT2D eigenvalue weighted by atomic mass is 10.1. The highest BCUT2D eigenvalue weighted by Crippen LogP contribution is 2.26. The summed E-state index contributed by atoms with van der Waals surface area (Å²) in [5, 5.41) is 0. The maximum absolute atomic E-state index is 5.85. The molecule has 0 bridgehead atoms. The van der Waals surface area contributed by atoms with Crippen molar-refractivity contribution in [3.63, 3.8) is 0 Å². The van der Waals surface area contributed by atoms with E-state index in [1.54, 1.807) is 0 Å². The van der Waals surface area contributed by atoms with Crippen LogP contribution >= 0.6 is 0 Å². The average Bonchev–Trinajstić information content (AvgIpc) is 2.46. The number of rotatable bonds is 1. The van der Waals surface area contributed by atoms with Crippen molar-refractivity contribution >= 4 is 6.08 Å². The van der Waals surface area contributed by atoms with E-state index in [0.29, 0.717) is 0 Å². The zero-order chi connectivity index (χ0) is 9.42. The summed E-state index contributed by atoms with van der Waals surface area (Å²) in [5.74, 6) is 0. The van der Waals surface area contributed by atoms with Gasteiger partial charge < -0.3 is 5.73 Å². The van der Waals surface area contributed by atoms with Gasteiger partial charge in [-0.1, -0.05) is 29.8 Å². The fraction of sp³-hybridized carbons (Fsp3) is 0.333. The minimum absolute atomic E-state index is 0.188. The summed E-state index contributed by atoms with van der Waals surface area (Å²) >= 11 is 0. The van der Waals surface area contributed by atoms with Crippen LogP contribution in [0, 0.1) is 6.92 Å². The van der Waals surface area contributed by atoms with E-state index in [1.165, 1.54) is 22.3 Å². The Morgan fingerprint density at radius 3 is 2.85 bits per heavy atom. The van der Waals surface area contributed by atoms with Crippen molar-refractivity contribution in [1.82, 2.24) is 0 Å². The Labute approximate surface area is 79.3 Å². The van der Waals surface area contributed by atoms with Crippen molar-refractivity contribution < 1.29 is 0 Å². The molecule has 1 heteroatoms. The van der Waals surface area contributed by atoms with E-state index in [-0.39, 0.29) is 6.04 Å². The third-order valence-corrected chi connectivity index (χ3v) is 2.62. The highest BCUT2D eigenvalue weighted by molar-refractivity contribution is 5.65. The monoisotopic (exact) mass is 173 g/mol. The van der Waals surface area contributed by atoms with Gasteiger partial charge in [0.1, 0.15) is 0 Å². The fourth-order valence-electron chi connectivity index (χ4n) is 1.77. The van der Waals surface area contributed by atoms with Crippen molar-refractivity contribution in [3.05, 3.63) is 40.5 Å². The molecule has 0 saturated carbocycles. The molecule has 1 nitrogen and oxygen atoms in total. The Bertz CT molecular complexity index is 361. The minimum Gasteiger partial charge on any atom is -0.324 e. The van der Waals surface area contributed by atoms with Crippen molar-refractivity contribution in [1.29, 1.82) is 0 Å². The van der Waals surface area contributed by atoms with Crippen molar-refractivity contribution in [2.75, 3.05) is 0 Å². The number of hydrogen-bond donors (Lipinski definition) is 1. The van der Waals surface area contributed by atoms with E-state index >= 15 is 0 Å². The number of fused-ring (bicyclic) bond motifs is 1. The largest absolute Gasteiger partial charge is 0.324 e. The Balaban J connectivity index is 2.38.